The van der Waals surface area contributed by atoms with Gasteiger partial charge in [0.05, 0.1) is 5.56 Å². The van der Waals surface area contributed by atoms with Gasteiger partial charge in [-0.2, -0.15) is 0 Å². The maximum absolute atomic E-state index is 6.52. The molecule has 2 aromatic heterocycles. The summed E-state index contributed by atoms with van der Waals surface area (Å²) in [5.41, 5.74) is 7.10. The molecule has 31 heavy (non-hydrogen) atoms. The molecule has 0 N–H and O–H groups in total. The molecule has 0 bridgehead atoms. The molecule has 0 atom stereocenters. The molecule has 1 saturated carbocycles. The molecule has 0 radical (unpaired) electrons. The highest BCUT2D eigenvalue weighted by Gasteiger charge is 2.23. The van der Waals surface area contributed by atoms with Gasteiger partial charge in [0.2, 0.25) is 5.69 Å². The molecular formula is C29H28NO+. The van der Waals surface area contributed by atoms with Crippen LogP contribution in [0.4, 0.5) is 0 Å². The first kappa shape index (κ1) is 18.6. The van der Waals surface area contributed by atoms with E-state index in [-0.39, 0.29) is 0 Å². The predicted molar refractivity (Wildman–Crippen MR) is 128 cm³/mol. The van der Waals surface area contributed by atoms with Crippen LogP contribution in [0, 0.1) is 6.92 Å². The molecule has 0 aliphatic heterocycles. The second kappa shape index (κ2) is 7.23. The lowest BCUT2D eigenvalue weighted by molar-refractivity contribution is -0.660. The predicted octanol–water partition coefficient (Wildman–Crippen LogP) is 7.59. The molecule has 0 amide bonds. The van der Waals surface area contributed by atoms with Crippen LogP contribution in [0.2, 0.25) is 0 Å². The monoisotopic (exact) mass is 406 g/mol. The van der Waals surface area contributed by atoms with Crippen molar-refractivity contribution >= 4 is 32.7 Å². The number of nitrogens with zero attached hydrogens (tertiary/aromatic N) is 1. The number of benzene rings is 3. The molecule has 5 aromatic rings. The highest BCUT2D eigenvalue weighted by molar-refractivity contribution is 6.13. The number of furan rings is 1. The van der Waals surface area contributed by atoms with Gasteiger partial charge in [-0.3, -0.25) is 0 Å². The number of rotatable bonds is 2. The van der Waals surface area contributed by atoms with E-state index in [0.29, 0.717) is 5.92 Å². The number of hydrogen-bond acceptors (Lipinski definition) is 1. The molecule has 154 valence electrons. The first-order valence-electron chi connectivity index (χ1n) is 11.5. The second-order valence-corrected chi connectivity index (χ2v) is 9.23. The van der Waals surface area contributed by atoms with Crippen LogP contribution in [0.3, 0.4) is 0 Å². The highest BCUT2D eigenvalue weighted by Crippen LogP contribution is 2.39. The van der Waals surface area contributed by atoms with E-state index in [9.17, 15) is 0 Å². The van der Waals surface area contributed by atoms with Crippen molar-refractivity contribution in [1.29, 1.82) is 0 Å². The van der Waals surface area contributed by atoms with Crippen LogP contribution in [-0.2, 0) is 7.05 Å². The van der Waals surface area contributed by atoms with Crippen LogP contribution in [0.1, 0.15) is 49.1 Å². The number of aryl methyl sites for hydroxylation is 2. The second-order valence-electron chi connectivity index (χ2n) is 9.23. The summed E-state index contributed by atoms with van der Waals surface area (Å²) in [6, 6.07) is 22.0. The van der Waals surface area contributed by atoms with Crippen molar-refractivity contribution in [3.63, 3.8) is 0 Å². The zero-order valence-electron chi connectivity index (χ0n) is 18.3. The molecule has 2 heteroatoms. The number of hydrogen-bond donors (Lipinski definition) is 0. The Labute approximate surface area is 183 Å². The van der Waals surface area contributed by atoms with Crippen molar-refractivity contribution in [3.8, 4) is 11.3 Å². The Morgan fingerprint density at radius 1 is 0.839 bits per heavy atom. The van der Waals surface area contributed by atoms with Crippen LogP contribution in [0.15, 0.2) is 71.3 Å². The SMILES string of the molecule is Cc1ccc2c(oc3cc4ccccc4cc32)c1-c1ccc(C2CCCCC2)c[n+]1C. The average molecular weight is 407 g/mol. The van der Waals surface area contributed by atoms with Gasteiger partial charge in [-0.25, -0.2) is 4.57 Å². The standard InChI is InChI=1S/C29H28NO/c1-19-12-14-24-25-16-21-10-6-7-11-22(21)17-27(25)31-29(24)28(19)26-15-13-23(18-30(26)2)20-8-4-3-5-9-20/h6-7,10-18,20H,3-5,8-9H2,1-2H3/q+1. The van der Waals surface area contributed by atoms with Gasteiger partial charge in [0.1, 0.15) is 18.2 Å². The number of aromatic nitrogens is 1. The minimum atomic E-state index is 0.713. The van der Waals surface area contributed by atoms with Crippen molar-refractivity contribution < 1.29 is 8.98 Å². The summed E-state index contributed by atoms with van der Waals surface area (Å²) in [6.07, 6.45) is 9.11. The van der Waals surface area contributed by atoms with Crippen LogP contribution in [0.25, 0.3) is 44.0 Å². The van der Waals surface area contributed by atoms with Gasteiger partial charge in [-0.05, 0) is 60.2 Å². The summed E-state index contributed by atoms with van der Waals surface area (Å²) in [7, 11) is 2.18. The van der Waals surface area contributed by atoms with E-state index in [0.717, 1.165) is 11.2 Å². The largest absolute Gasteiger partial charge is 0.455 e. The van der Waals surface area contributed by atoms with E-state index < -0.39 is 0 Å². The quantitative estimate of drug-likeness (QED) is 0.276. The summed E-state index contributed by atoms with van der Waals surface area (Å²) < 4.78 is 8.82. The lowest BCUT2D eigenvalue weighted by atomic mass is 9.84. The van der Waals surface area contributed by atoms with Crippen molar-refractivity contribution in [3.05, 3.63) is 78.0 Å². The van der Waals surface area contributed by atoms with Gasteiger partial charge in [0, 0.05) is 22.4 Å². The third-order valence-corrected chi connectivity index (χ3v) is 7.21. The Balaban J connectivity index is 1.55. The molecule has 1 aliphatic carbocycles. The van der Waals surface area contributed by atoms with E-state index in [1.807, 2.05) is 0 Å². The van der Waals surface area contributed by atoms with Crippen LogP contribution >= 0.6 is 0 Å². The smallest absolute Gasteiger partial charge is 0.216 e. The lowest BCUT2D eigenvalue weighted by Gasteiger charge is -2.21. The molecule has 1 fully saturated rings. The van der Waals surface area contributed by atoms with Crippen LogP contribution < -0.4 is 4.57 Å². The van der Waals surface area contributed by atoms with Gasteiger partial charge in [0.25, 0.3) is 0 Å². The lowest BCUT2D eigenvalue weighted by Crippen LogP contribution is -2.32. The summed E-state index contributed by atoms with van der Waals surface area (Å²) >= 11 is 0. The molecule has 0 saturated heterocycles. The maximum atomic E-state index is 6.52. The maximum Gasteiger partial charge on any atom is 0.216 e. The van der Waals surface area contributed by atoms with Gasteiger partial charge in [0.15, 0.2) is 6.20 Å². The Bertz CT molecular complexity index is 1440. The van der Waals surface area contributed by atoms with E-state index in [2.05, 4.69) is 85.4 Å². The third-order valence-electron chi connectivity index (χ3n) is 7.21. The van der Waals surface area contributed by atoms with Crippen molar-refractivity contribution in [1.82, 2.24) is 0 Å². The Morgan fingerprint density at radius 3 is 2.39 bits per heavy atom. The van der Waals surface area contributed by atoms with E-state index in [1.165, 1.54) is 76.0 Å². The molecular weight excluding hydrogens is 378 g/mol. The van der Waals surface area contributed by atoms with Gasteiger partial charge >= 0.3 is 0 Å². The van der Waals surface area contributed by atoms with Gasteiger partial charge in [-0.15, -0.1) is 0 Å². The highest BCUT2D eigenvalue weighted by atomic mass is 16.3. The Kier molecular flexibility index (Phi) is 4.34. The van der Waals surface area contributed by atoms with E-state index in [4.69, 9.17) is 4.42 Å². The van der Waals surface area contributed by atoms with Gasteiger partial charge in [-0.1, -0.05) is 55.7 Å². The zero-order chi connectivity index (χ0) is 20.9. The summed E-state index contributed by atoms with van der Waals surface area (Å²) in [4.78, 5) is 0. The van der Waals surface area contributed by atoms with Crippen molar-refractivity contribution in [2.24, 2.45) is 7.05 Å². The third kappa shape index (κ3) is 3.05. The molecule has 0 unspecified atom stereocenters. The Hall–Kier alpha value is -3.13. The fraction of sp³-hybridized carbons (Fsp3) is 0.276. The summed E-state index contributed by atoms with van der Waals surface area (Å²) in [5.74, 6) is 0.713. The number of fused-ring (bicyclic) bond motifs is 4. The summed E-state index contributed by atoms with van der Waals surface area (Å²) in [6.45, 7) is 2.19. The Morgan fingerprint density at radius 2 is 1.61 bits per heavy atom. The normalized spacial score (nSPS) is 15.3. The van der Waals surface area contributed by atoms with Crippen LogP contribution in [-0.4, -0.2) is 0 Å². The van der Waals surface area contributed by atoms with Crippen molar-refractivity contribution in [2.75, 3.05) is 0 Å². The van der Waals surface area contributed by atoms with Crippen molar-refractivity contribution in [2.45, 2.75) is 44.9 Å². The first-order valence-corrected chi connectivity index (χ1v) is 11.5. The molecule has 1 aliphatic rings. The minimum Gasteiger partial charge on any atom is -0.455 e. The van der Waals surface area contributed by atoms with Gasteiger partial charge < -0.3 is 4.42 Å². The molecule has 6 rings (SSSR count). The molecule has 3 aromatic carbocycles. The van der Waals surface area contributed by atoms with Crippen LogP contribution in [0.5, 0.6) is 0 Å². The van der Waals surface area contributed by atoms with E-state index >= 15 is 0 Å². The fourth-order valence-electron chi connectivity index (χ4n) is 5.51. The molecule has 2 heterocycles. The topological polar surface area (TPSA) is 17.0 Å². The van der Waals surface area contributed by atoms with E-state index in [1.54, 1.807) is 0 Å². The minimum absolute atomic E-state index is 0.713. The molecule has 2 nitrogen and oxygen atoms in total. The fourth-order valence-corrected chi connectivity index (χ4v) is 5.51. The molecule has 0 spiro atoms. The summed E-state index contributed by atoms with van der Waals surface area (Å²) in [5, 5.41) is 4.85. The number of pyridine rings is 1. The zero-order valence-corrected chi connectivity index (χ0v) is 18.3. The first-order chi connectivity index (χ1) is 15.2. The average Bonchev–Trinajstić information content (AvgIpc) is 3.15.